The zero-order chi connectivity index (χ0) is 24.1. The number of nitriles is 1. The second-order valence-corrected chi connectivity index (χ2v) is 9.05. The summed E-state index contributed by atoms with van der Waals surface area (Å²) in [5, 5.41) is 9.34. The van der Waals surface area contributed by atoms with Crippen LogP contribution in [0.1, 0.15) is 54.5 Å². The number of nitrogens with zero attached hydrogens (tertiary/aromatic N) is 5. The number of amides is 1. The van der Waals surface area contributed by atoms with Crippen molar-refractivity contribution >= 4 is 11.7 Å². The van der Waals surface area contributed by atoms with Crippen LogP contribution in [0.2, 0.25) is 0 Å². The van der Waals surface area contributed by atoms with Gasteiger partial charge in [0.2, 0.25) is 5.91 Å². The third-order valence-electron chi connectivity index (χ3n) is 7.00. The summed E-state index contributed by atoms with van der Waals surface area (Å²) in [4.78, 5) is 25.8. The Hall–Kier alpha value is -3.40. The number of carbonyl (C=O) groups excluding carboxylic acids is 1. The van der Waals surface area contributed by atoms with E-state index in [0.717, 1.165) is 43.6 Å². The Kier molecular flexibility index (Phi) is 7.46. The van der Waals surface area contributed by atoms with Gasteiger partial charge in [0.15, 0.2) is 0 Å². The van der Waals surface area contributed by atoms with Gasteiger partial charge in [-0.3, -0.25) is 4.79 Å². The molecule has 2 heterocycles. The van der Waals surface area contributed by atoms with E-state index in [1.807, 2.05) is 0 Å². The van der Waals surface area contributed by atoms with Crippen molar-refractivity contribution < 1.29 is 9.53 Å². The van der Waals surface area contributed by atoms with Gasteiger partial charge in [-0.2, -0.15) is 15.2 Å². The van der Waals surface area contributed by atoms with E-state index in [-0.39, 0.29) is 18.4 Å². The molecule has 1 aliphatic heterocycles. The van der Waals surface area contributed by atoms with Gasteiger partial charge >= 0.3 is 6.01 Å². The van der Waals surface area contributed by atoms with E-state index >= 15 is 0 Å². The average molecular weight is 460 g/mol. The number of fused-ring (bicyclic) bond motifs is 1. The largest absolute Gasteiger partial charge is 0.467 e. The highest BCUT2D eigenvalue weighted by Gasteiger charge is 2.33. The molecule has 2 atom stereocenters. The maximum atomic E-state index is 12.3. The third kappa shape index (κ3) is 4.77. The Bertz CT molecular complexity index is 1090. The SMILES string of the molecule is C=CC(=O)N1CCN(c2nc(OC)nc3c2CCC(c2ccccc2CCC)C3)CC1CC#N. The van der Waals surface area contributed by atoms with Crippen molar-refractivity contribution in [2.75, 3.05) is 31.6 Å². The highest BCUT2D eigenvalue weighted by Crippen LogP contribution is 2.38. The van der Waals surface area contributed by atoms with E-state index in [0.29, 0.717) is 31.6 Å². The molecule has 34 heavy (non-hydrogen) atoms. The average Bonchev–Trinajstić information content (AvgIpc) is 2.88. The van der Waals surface area contributed by atoms with Crippen LogP contribution in [-0.2, 0) is 24.1 Å². The molecule has 0 saturated carbocycles. The molecule has 2 unspecified atom stereocenters. The van der Waals surface area contributed by atoms with E-state index in [1.54, 1.807) is 12.0 Å². The van der Waals surface area contributed by atoms with Gasteiger partial charge in [-0.15, -0.1) is 0 Å². The predicted octanol–water partition coefficient (Wildman–Crippen LogP) is 3.83. The molecule has 1 saturated heterocycles. The number of benzene rings is 1. The maximum Gasteiger partial charge on any atom is 0.318 e. The Labute approximate surface area is 202 Å². The fraction of sp³-hybridized carbons (Fsp3) is 0.481. The minimum atomic E-state index is -0.196. The molecular formula is C27H33N5O2. The number of rotatable bonds is 7. The quantitative estimate of drug-likeness (QED) is 0.586. The Morgan fingerprint density at radius 1 is 1.32 bits per heavy atom. The second kappa shape index (κ2) is 10.7. The van der Waals surface area contributed by atoms with E-state index in [2.05, 4.69) is 48.7 Å². The van der Waals surface area contributed by atoms with Crippen molar-refractivity contribution in [1.82, 2.24) is 14.9 Å². The van der Waals surface area contributed by atoms with Gasteiger partial charge in [0, 0.05) is 25.2 Å². The van der Waals surface area contributed by atoms with Gasteiger partial charge < -0.3 is 14.5 Å². The number of aromatic nitrogens is 2. The zero-order valence-corrected chi connectivity index (χ0v) is 20.2. The van der Waals surface area contributed by atoms with Crippen LogP contribution in [0.5, 0.6) is 6.01 Å². The summed E-state index contributed by atoms with van der Waals surface area (Å²) in [5.74, 6) is 1.18. The lowest BCUT2D eigenvalue weighted by Crippen LogP contribution is -2.55. The molecule has 7 heteroatoms. The van der Waals surface area contributed by atoms with Gasteiger partial charge in [-0.25, -0.2) is 0 Å². The molecule has 0 N–H and O–H groups in total. The van der Waals surface area contributed by atoms with Crippen LogP contribution >= 0.6 is 0 Å². The summed E-state index contributed by atoms with van der Waals surface area (Å²) in [6.45, 7) is 7.58. The second-order valence-electron chi connectivity index (χ2n) is 9.05. The van der Waals surface area contributed by atoms with Gasteiger partial charge in [-0.1, -0.05) is 44.2 Å². The van der Waals surface area contributed by atoms with Gasteiger partial charge in [-0.05, 0) is 48.8 Å². The number of anilines is 1. The maximum absolute atomic E-state index is 12.3. The predicted molar refractivity (Wildman–Crippen MR) is 132 cm³/mol. The molecule has 2 aromatic rings. The fourth-order valence-electron chi connectivity index (χ4n) is 5.36. The summed E-state index contributed by atoms with van der Waals surface area (Å²) >= 11 is 0. The molecule has 178 valence electrons. The summed E-state index contributed by atoms with van der Waals surface area (Å²) in [6.07, 6.45) is 6.62. The molecule has 0 radical (unpaired) electrons. The zero-order valence-electron chi connectivity index (χ0n) is 20.2. The number of hydrogen-bond acceptors (Lipinski definition) is 6. The molecule has 1 fully saturated rings. The number of piperazine rings is 1. The van der Waals surface area contributed by atoms with Crippen molar-refractivity contribution in [3.63, 3.8) is 0 Å². The van der Waals surface area contributed by atoms with Crippen molar-refractivity contribution in [3.05, 3.63) is 59.3 Å². The molecule has 0 bridgehead atoms. The number of carbonyl (C=O) groups is 1. The Morgan fingerprint density at radius 2 is 2.15 bits per heavy atom. The smallest absolute Gasteiger partial charge is 0.318 e. The molecule has 1 aliphatic carbocycles. The van der Waals surface area contributed by atoms with Gasteiger partial charge in [0.1, 0.15) is 5.82 Å². The summed E-state index contributed by atoms with van der Waals surface area (Å²) in [6, 6.07) is 11.2. The van der Waals surface area contributed by atoms with E-state index in [4.69, 9.17) is 14.7 Å². The third-order valence-corrected chi connectivity index (χ3v) is 7.00. The topological polar surface area (TPSA) is 82.3 Å². The van der Waals surface area contributed by atoms with Gasteiger partial charge in [0.05, 0.1) is 31.3 Å². The minimum absolute atomic E-state index is 0.129. The first-order valence-corrected chi connectivity index (χ1v) is 12.2. The number of hydrogen-bond donors (Lipinski definition) is 0. The standard InChI is InChI=1S/C27H33N5O2/c1-4-8-19-9-6-7-10-22(19)20-11-12-23-24(17-20)29-27(34-3)30-26(23)31-15-16-32(25(33)5-2)21(18-31)13-14-28/h5-7,9-10,20-21H,2,4,8,11-13,15-18H2,1,3H3. The highest BCUT2D eigenvalue weighted by molar-refractivity contribution is 5.87. The highest BCUT2D eigenvalue weighted by atomic mass is 16.5. The van der Waals surface area contributed by atoms with Gasteiger partial charge in [0.25, 0.3) is 0 Å². The molecule has 4 rings (SSSR count). The molecule has 7 nitrogen and oxygen atoms in total. The van der Waals surface area contributed by atoms with E-state index in [1.165, 1.54) is 22.8 Å². The Morgan fingerprint density at radius 3 is 2.88 bits per heavy atom. The fourth-order valence-corrected chi connectivity index (χ4v) is 5.36. The van der Waals surface area contributed by atoms with Crippen LogP contribution in [-0.4, -0.2) is 53.6 Å². The van der Waals surface area contributed by atoms with Crippen molar-refractivity contribution in [3.8, 4) is 12.1 Å². The van der Waals surface area contributed by atoms with Crippen LogP contribution < -0.4 is 9.64 Å². The number of aryl methyl sites for hydroxylation is 1. The summed E-state index contributed by atoms with van der Waals surface area (Å²) in [5.41, 5.74) is 5.08. The molecule has 1 amide bonds. The molecule has 1 aromatic heterocycles. The van der Waals surface area contributed by atoms with Crippen LogP contribution in [0, 0.1) is 11.3 Å². The molecule has 0 spiro atoms. The first kappa shape index (κ1) is 23.7. The minimum Gasteiger partial charge on any atom is -0.467 e. The first-order chi connectivity index (χ1) is 16.6. The van der Waals surface area contributed by atoms with E-state index < -0.39 is 0 Å². The lowest BCUT2D eigenvalue weighted by atomic mass is 9.80. The lowest BCUT2D eigenvalue weighted by Gasteiger charge is -2.42. The summed E-state index contributed by atoms with van der Waals surface area (Å²) in [7, 11) is 1.60. The number of ether oxygens (including phenoxy) is 1. The molecular weight excluding hydrogens is 426 g/mol. The number of methoxy groups -OCH3 is 1. The molecule has 1 aromatic carbocycles. The summed E-state index contributed by atoms with van der Waals surface area (Å²) < 4.78 is 5.49. The van der Waals surface area contributed by atoms with Crippen molar-refractivity contribution in [1.29, 1.82) is 5.26 Å². The van der Waals surface area contributed by atoms with Crippen molar-refractivity contribution in [2.45, 2.75) is 57.4 Å². The van der Waals surface area contributed by atoms with E-state index in [9.17, 15) is 10.1 Å². The van der Waals surface area contributed by atoms with Crippen LogP contribution in [0.4, 0.5) is 5.82 Å². The Balaban J connectivity index is 1.64. The van der Waals surface area contributed by atoms with Crippen LogP contribution in [0.25, 0.3) is 0 Å². The van der Waals surface area contributed by atoms with Crippen LogP contribution in [0.15, 0.2) is 36.9 Å². The van der Waals surface area contributed by atoms with Crippen molar-refractivity contribution in [2.24, 2.45) is 0 Å². The molecule has 2 aliphatic rings. The monoisotopic (exact) mass is 459 g/mol. The lowest BCUT2D eigenvalue weighted by molar-refractivity contribution is -0.128. The first-order valence-electron chi connectivity index (χ1n) is 12.2. The van der Waals surface area contributed by atoms with Crippen LogP contribution in [0.3, 0.4) is 0 Å². The normalized spacial score (nSPS) is 19.8.